The Morgan fingerprint density at radius 3 is 2.73 bits per heavy atom. The minimum Gasteiger partial charge on any atom is -0.496 e. The van der Waals surface area contributed by atoms with Crippen LogP contribution in [0.3, 0.4) is 0 Å². The molecule has 1 fully saturated rings. The fraction of sp³-hybridized carbons (Fsp3) is 0.350. The normalized spacial score (nSPS) is 19.2. The first kappa shape index (κ1) is 20.3. The zero-order chi connectivity index (χ0) is 21.1. The van der Waals surface area contributed by atoms with Crippen molar-refractivity contribution >= 4 is 0 Å². The predicted octanol–water partition coefficient (Wildman–Crippen LogP) is 2.88. The number of hydrogen-bond acceptors (Lipinski definition) is 6. The van der Waals surface area contributed by atoms with Gasteiger partial charge in [-0.1, -0.05) is 30.3 Å². The molecule has 0 radical (unpaired) electrons. The molecule has 2 unspecified atom stereocenters. The molecular weight excluding hydrogens is 397 g/mol. The predicted molar refractivity (Wildman–Crippen MR) is 103 cm³/mol. The van der Waals surface area contributed by atoms with Gasteiger partial charge < -0.3 is 15.4 Å². The van der Waals surface area contributed by atoms with Crippen molar-refractivity contribution in [1.29, 1.82) is 0 Å². The maximum atomic E-state index is 13.2. The highest BCUT2D eigenvalue weighted by Gasteiger charge is 2.38. The van der Waals surface area contributed by atoms with Crippen LogP contribution in [0.15, 0.2) is 48.5 Å². The number of nitrogens with zero attached hydrogens (tertiary/aromatic N) is 4. The van der Waals surface area contributed by atoms with E-state index in [1.165, 1.54) is 18.7 Å². The van der Waals surface area contributed by atoms with E-state index >= 15 is 0 Å². The Morgan fingerprint density at radius 2 is 2.00 bits per heavy atom. The SMILES string of the molecule is COc1ccc(-n2nnnc2C(F)(F)F)cc1CNC1CCNC1c1ccccc1. The van der Waals surface area contributed by atoms with Crippen LogP contribution in [0.2, 0.25) is 0 Å². The number of methoxy groups -OCH3 is 1. The van der Waals surface area contributed by atoms with E-state index in [0.29, 0.717) is 17.0 Å². The number of rotatable bonds is 6. The molecule has 0 bridgehead atoms. The number of aromatic nitrogens is 4. The van der Waals surface area contributed by atoms with Gasteiger partial charge in [0.1, 0.15) is 5.75 Å². The van der Waals surface area contributed by atoms with Crippen LogP contribution in [0.1, 0.15) is 29.4 Å². The van der Waals surface area contributed by atoms with E-state index in [9.17, 15) is 13.2 Å². The van der Waals surface area contributed by atoms with Crippen molar-refractivity contribution in [3.8, 4) is 11.4 Å². The second kappa shape index (κ2) is 8.41. The number of benzene rings is 2. The van der Waals surface area contributed by atoms with E-state index in [4.69, 9.17) is 4.74 Å². The molecule has 0 saturated carbocycles. The Labute approximate surface area is 171 Å². The number of hydrogen-bond donors (Lipinski definition) is 2. The highest BCUT2D eigenvalue weighted by molar-refractivity contribution is 5.44. The number of alkyl halides is 3. The Hall–Kier alpha value is -2.98. The molecule has 2 N–H and O–H groups in total. The first-order valence-electron chi connectivity index (χ1n) is 9.52. The first-order chi connectivity index (χ1) is 14.5. The second-order valence-electron chi connectivity index (χ2n) is 7.03. The van der Waals surface area contributed by atoms with Crippen molar-refractivity contribution in [3.63, 3.8) is 0 Å². The highest BCUT2D eigenvalue weighted by Crippen LogP contribution is 2.30. The van der Waals surface area contributed by atoms with Gasteiger partial charge in [-0.05, 0) is 47.2 Å². The summed E-state index contributed by atoms with van der Waals surface area (Å²) in [5.74, 6) is -0.592. The van der Waals surface area contributed by atoms with Crippen molar-refractivity contribution < 1.29 is 17.9 Å². The second-order valence-corrected chi connectivity index (χ2v) is 7.03. The molecule has 30 heavy (non-hydrogen) atoms. The van der Waals surface area contributed by atoms with Gasteiger partial charge in [0, 0.05) is 24.2 Å². The van der Waals surface area contributed by atoms with Crippen LogP contribution in [0.25, 0.3) is 5.69 Å². The van der Waals surface area contributed by atoms with Crippen molar-refractivity contribution in [2.75, 3.05) is 13.7 Å². The van der Waals surface area contributed by atoms with Crippen LogP contribution in [0.4, 0.5) is 13.2 Å². The quantitative estimate of drug-likeness (QED) is 0.641. The summed E-state index contributed by atoms with van der Waals surface area (Å²) >= 11 is 0. The lowest BCUT2D eigenvalue weighted by molar-refractivity contribution is -0.146. The summed E-state index contributed by atoms with van der Waals surface area (Å²) in [6, 6.07) is 15.2. The Kier molecular flexibility index (Phi) is 5.69. The lowest BCUT2D eigenvalue weighted by Crippen LogP contribution is -2.34. The fourth-order valence-electron chi connectivity index (χ4n) is 3.75. The molecule has 2 aromatic carbocycles. The van der Waals surface area contributed by atoms with E-state index in [1.807, 2.05) is 18.2 Å². The summed E-state index contributed by atoms with van der Waals surface area (Å²) in [6.45, 7) is 1.31. The van der Waals surface area contributed by atoms with Crippen molar-refractivity contribution in [2.45, 2.75) is 31.2 Å². The third-order valence-electron chi connectivity index (χ3n) is 5.17. The molecule has 1 aromatic heterocycles. The molecule has 1 aliphatic heterocycles. The molecular formula is C20H21F3N6O. The van der Waals surface area contributed by atoms with Crippen LogP contribution in [-0.4, -0.2) is 39.9 Å². The standard InChI is InChI=1S/C20H21F3N6O/c1-30-17-8-7-15(29-19(20(21,22)23)26-27-28-29)11-14(17)12-25-16-9-10-24-18(16)13-5-3-2-4-6-13/h2-8,11,16,18,24-25H,9-10,12H2,1H3. The minimum atomic E-state index is -4.65. The largest absolute Gasteiger partial charge is 0.496 e. The van der Waals surface area contributed by atoms with Gasteiger partial charge in [0.05, 0.1) is 12.8 Å². The fourth-order valence-corrected chi connectivity index (χ4v) is 3.75. The lowest BCUT2D eigenvalue weighted by Gasteiger charge is -2.22. The van der Waals surface area contributed by atoms with E-state index in [-0.39, 0.29) is 17.8 Å². The Bertz CT molecular complexity index is 992. The van der Waals surface area contributed by atoms with Crippen LogP contribution in [0.5, 0.6) is 5.75 Å². The monoisotopic (exact) mass is 418 g/mol. The van der Waals surface area contributed by atoms with E-state index in [2.05, 4.69) is 38.3 Å². The maximum Gasteiger partial charge on any atom is 0.453 e. The molecule has 0 aliphatic carbocycles. The molecule has 0 spiro atoms. The van der Waals surface area contributed by atoms with Gasteiger partial charge in [-0.15, -0.1) is 5.10 Å². The zero-order valence-corrected chi connectivity index (χ0v) is 16.2. The minimum absolute atomic E-state index is 0.164. The van der Waals surface area contributed by atoms with Gasteiger partial charge in [0.25, 0.3) is 5.82 Å². The van der Waals surface area contributed by atoms with Gasteiger partial charge in [0.15, 0.2) is 0 Å². The van der Waals surface area contributed by atoms with Gasteiger partial charge in [-0.3, -0.25) is 0 Å². The Morgan fingerprint density at radius 1 is 1.20 bits per heavy atom. The third kappa shape index (κ3) is 4.14. The van der Waals surface area contributed by atoms with Gasteiger partial charge in [0.2, 0.25) is 0 Å². The summed E-state index contributed by atoms with van der Waals surface area (Å²) in [5, 5.41) is 16.8. The topological polar surface area (TPSA) is 76.9 Å². The summed E-state index contributed by atoms with van der Waals surface area (Å²) < 4.78 is 45.6. The smallest absolute Gasteiger partial charge is 0.453 e. The maximum absolute atomic E-state index is 13.2. The van der Waals surface area contributed by atoms with Crippen molar-refractivity contribution in [1.82, 2.24) is 30.8 Å². The van der Waals surface area contributed by atoms with Crippen LogP contribution >= 0.6 is 0 Å². The molecule has 0 amide bonds. The zero-order valence-electron chi connectivity index (χ0n) is 16.2. The molecule has 3 aromatic rings. The van der Waals surface area contributed by atoms with Crippen molar-refractivity contribution in [3.05, 3.63) is 65.5 Å². The summed E-state index contributed by atoms with van der Waals surface area (Å²) in [7, 11) is 1.53. The molecule has 7 nitrogen and oxygen atoms in total. The number of nitrogens with one attached hydrogen (secondary N) is 2. The molecule has 1 aliphatic rings. The van der Waals surface area contributed by atoms with E-state index < -0.39 is 12.0 Å². The van der Waals surface area contributed by atoms with E-state index in [0.717, 1.165) is 18.5 Å². The van der Waals surface area contributed by atoms with Crippen LogP contribution in [-0.2, 0) is 12.7 Å². The average Bonchev–Trinajstić information content (AvgIpc) is 3.42. The molecule has 2 heterocycles. The summed E-state index contributed by atoms with van der Waals surface area (Å²) in [5.41, 5.74) is 2.13. The van der Waals surface area contributed by atoms with Crippen LogP contribution in [0, 0.1) is 0 Å². The van der Waals surface area contributed by atoms with E-state index in [1.54, 1.807) is 12.1 Å². The van der Waals surface area contributed by atoms with Gasteiger partial charge in [-0.2, -0.15) is 17.9 Å². The molecule has 158 valence electrons. The third-order valence-corrected chi connectivity index (χ3v) is 5.17. The van der Waals surface area contributed by atoms with Gasteiger partial charge >= 0.3 is 6.18 Å². The number of halogens is 3. The number of tetrazole rings is 1. The molecule has 2 atom stereocenters. The van der Waals surface area contributed by atoms with Crippen molar-refractivity contribution in [2.24, 2.45) is 0 Å². The number of ether oxygens (including phenoxy) is 1. The molecule has 1 saturated heterocycles. The van der Waals surface area contributed by atoms with Gasteiger partial charge in [-0.25, -0.2) is 0 Å². The highest BCUT2D eigenvalue weighted by atomic mass is 19.4. The lowest BCUT2D eigenvalue weighted by atomic mass is 10.0. The summed E-state index contributed by atoms with van der Waals surface area (Å²) in [6.07, 6.45) is -3.72. The molecule has 4 rings (SSSR count). The molecule has 10 heteroatoms. The Balaban J connectivity index is 1.56. The van der Waals surface area contributed by atoms with Crippen LogP contribution < -0.4 is 15.4 Å². The first-order valence-corrected chi connectivity index (χ1v) is 9.52. The average molecular weight is 418 g/mol. The summed E-state index contributed by atoms with van der Waals surface area (Å²) in [4.78, 5) is 0.